The summed E-state index contributed by atoms with van der Waals surface area (Å²) in [7, 11) is 0. The van der Waals surface area contributed by atoms with Crippen molar-refractivity contribution in [3.63, 3.8) is 0 Å². The molecule has 0 amide bonds. The van der Waals surface area contributed by atoms with Gasteiger partial charge in [-0.2, -0.15) is 0 Å². The highest BCUT2D eigenvalue weighted by Crippen LogP contribution is 2.14. The van der Waals surface area contributed by atoms with Crippen molar-refractivity contribution in [1.29, 1.82) is 0 Å². The van der Waals surface area contributed by atoms with Crippen LogP contribution in [-0.4, -0.2) is 17.8 Å². The molecule has 0 aliphatic heterocycles. The second-order valence-electron chi connectivity index (χ2n) is 4.56. The molecule has 0 unspecified atom stereocenters. The molecule has 1 N–H and O–H groups in total. The van der Waals surface area contributed by atoms with Crippen LogP contribution in [0.3, 0.4) is 0 Å². The predicted molar refractivity (Wildman–Crippen MR) is 70.6 cm³/mol. The molecule has 0 saturated heterocycles. The van der Waals surface area contributed by atoms with Gasteiger partial charge in [0.1, 0.15) is 0 Å². The summed E-state index contributed by atoms with van der Waals surface area (Å²) in [4.78, 5) is 0. The lowest BCUT2D eigenvalue weighted by Gasteiger charge is -2.22. The number of aliphatic hydroxyl groups excluding tert-OH is 1. The molecule has 0 aliphatic rings. The van der Waals surface area contributed by atoms with E-state index in [-0.39, 0.29) is 17.9 Å². The maximum absolute atomic E-state index is 9.93. The van der Waals surface area contributed by atoms with Gasteiger partial charge in [-0.3, -0.25) is 0 Å². The van der Waals surface area contributed by atoms with Crippen LogP contribution in [0.4, 0.5) is 0 Å². The number of ether oxygens (including phenoxy) is 1. The number of hydrogen-bond donors (Lipinski definition) is 1. The van der Waals surface area contributed by atoms with Crippen LogP contribution in [0, 0.1) is 11.8 Å². The standard InChI is InChI=1S/C15H22O2/c1-4-12(2)15(16)13(3)10-17-11-14-8-6-5-7-9-14/h4-9,12-13,15-16H,1,10-11H2,2-3H3/t12-,13-,15-/m0/s1. The van der Waals surface area contributed by atoms with Gasteiger partial charge in [-0.1, -0.05) is 50.3 Å². The van der Waals surface area contributed by atoms with Crippen molar-refractivity contribution in [2.75, 3.05) is 6.61 Å². The molecule has 0 aliphatic carbocycles. The molecule has 1 rings (SSSR count). The van der Waals surface area contributed by atoms with Gasteiger partial charge >= 0.3 is 0 Å². The van der Waals surface area contributed by atoms with E-state index < -0.39 is 0 Å². The fourth-order valence-corrected chi connectivity index (χ4v) is 1.69. The van der Waals surface area contributed by atoms with Crippen LogP contribution in [0.15, 0.2) is 43.0 Å². The molecule has 1 aromatic rings. The van der Waals surface area contributed by atoms with Crippen molar-refractivity contribution in [2.24, 2.45) is 11.8 Å². The Labute approximate surface area is 104 Å². The molecule has 2 heteroatoms. The molecule has 17 heavy (non-hydrogen) atoms. The first kappa shape index (κ1) is 13.9. The summed E-state index contributed by atoms with van der Waals surface area (Å²) < 4.78 is 5.60. The van der Waals surface area contributed by atoms with Crippen LogP contribution in [0.1, 0.15) is 19.4 Å². The van der Waals surface area contributed by atoms with Crippen LogP contribution in [0.2, 0.25) is 0 Å². The van der Waals surface area contributed by atoms with Crippen molar-refractivity contribution < 1.29 is 9.84 Å². The lowest BCUT2D eigenvalue weighted by molar-refractivity contribution is 0.0134. The molecule has 0 saturated carbocycles. The summed E-state index contributed by atoms with van der Waals surface area (Å²) in [6.45, 7) is 8.81. The highest BCUT2D eigenvalue weighted by molar-refractivity contribution is 5.13. The Kier molecular flexibility index (Phi) is 5.95. The highest BCUT2D eigenvalue weighted by Gasteiger charge is 2.18. The van der Waals surface area contributed by atoms with Crippen LogP contribution in [-0.2, 0) is 11.3 Å². The zero-order valence-corrected chi connectivity index (χ0v) is 10.7. The van der Waals surface area contributed by atoms with Gasteiger partial charge in [-0.15, -0.1) is 6.58 Å². The zero-order chi connectivity index (χ0) is 12.7. The summed E-state index contributed by atoms with van der Waals surface area (Å²) in [6, 6.07) is 10.1. The first-order valence-corrected chi connectivity index (χ1v) is 6.07. The van der Waals surface area contributed by atoms with E-state index in [2.05, 4.69) is 6.58 Å². The van der Waals surface area contributed by atoms with E-state index in [1.54, 1.807) is 6.08 Å². The van der Waals surface area contributed by atoms with Gasteiger partial charge < -0.3 is 9.84 Å². The third-order valence-corrected chi connectivity index (χ3v) is 2.99. The van der Waals surface area contributed by atoms with Gasteiger partial charge in [0, 0.05) is 11.8 Å². The molecule has 0 bridgehead atoms. The summed E-state index contributed by atoms with van der Waals surface area (Å²) in [5.41, 5.74) is 1.16. The number of benzene rings is 1. The highest BCUT2D eigenvalue weighted by atomic mass is 16.5. The Morgan fingerprint density at radius 3 is 2.53 bits per heavy atom. The van der Waals surface area contributed by atoms with E-state index in [0.29, 0.717) is 13.2 Å². The molecule has 94 valence electrons. The summed E-state index contributed by atoms with van der Waals surface area (Å²) in [5.74, 6) is 0.219. The maximum atomic E-state index is 9.93. The van der Waals surface area contributed by atoms with Gasteiger partial charge in [-0.05, 0) is 5.56 Å². The van der Waals surface area contributed by atoms with Crippen LogP contribution in [0.25, 0.3) is 0 Å². The monoisotopic (exact) mass is 234 g/mol. The first-order chi connectivity index (χ1) is 8.15. The summed E-state index contributed by atoms with van der Waals surface area (Å²) in [6.07, 6.45) is 1.39. The van der Waals surface area contributed by atoms with E-state index in [9.17, 15) is 5.11 Å². The Bertz CT molecular complexity index is 321. The normalized spacial score (nSPS) is 16.2. The minimum absolute atomic E-state index is 0.102. The van der Waals surface area contributed by atoms with E-state index in [1.165, 1.54) is 0 Å². The SMILES string of the molecule is C=C[C@H](C)[C@H](O)[C@@H](C)COCc1ccccc1. The molecule has 0 heterocycles. The predicted octanol–water partition coefficient (Wildman–Crippen LogP) is 3.02. The number of hydrogen-bond acceptors (Lipinski definition) is 2. The van der Waals surface area contributed by atoms with Crippen molar-refractivity contribution in [2.45, 2.75) is 26.6 Å². The number of rotatable bonds is 7. The molecule has 0 aromatic heterocycles. The van der Waals surface area contributed by atoms with E-state index in [4.69, 9.17) is 4.74 Å². The van der Waals surface area contributed by atoms with Gasteiger partial charge in [0.15, 0.2) is 0 Å². The molecule has 0 radical (unpaired) electrons. The van der Waals surface area contributed by atoms with Crippen molar-refractivity contribution in [3.8, 4) is 0 Å². The second-order valence-corrected chi connectivity index (χ2v) is 4.56. The molecule has 0 spiro atoms. The Hall–Kier alpha value is -1.12. The van der Waals surface area contributed by atoms with Crippen molar-refractivity contribution >= 4 is 0 Å². The van der Waals surface area contributed by atoms with Crippen LogP contribution in [0.5, 0.6) is 0 Å². The summed E-state index contributed by atoms with van der Waals surface area (Å²) in [5, 5.41) is 9.93. The third-order valence-electron chi connectivity index (χ3n) is 2.99. The average Bonchev–Trinajstić information content (AvgIpc) is 2.38. The zero-order valence-electron chi connectivity index (χ0n) is 10.7. The average molecular weight is 234 g/mol. The van der Waals surface area contributed by atoms with E-state index in [1.807, 2.05) is 44.2 Å². The summed E-state index contributed by atoms with van der Waals surface area (Å²) >= 11 is 0. The molecule has 0 fully saturated rings. The molecular weight excluding hydrogens is 212 g/mol. The minimum atomic E-state index is -0.386. The third kappa shape index (κ3) is 4.72. The molecule has 2 nitrogen and oxygen atoms in total. The quantitative estimate of drug-likeness (QED) is 0.735. The Morgan fingerprint density at radius 1 is 1.29 bits per heavy atom. The Balaban J connectivity index is 2.29. The van der Waals surface area contributed by atoms with E-state index in [0.717, 1.165) is 5.56 Å². The van der Waals surface area contributed by atoms with Gasteiger partial charge in [-0.25, -0.2) is 0 Å². The van der Waals surface area contributed by atoms with E-state index >= 15 is 0 Å². The second kappa shape index (κ2) is 7.25. The molecule has 1 aromatic carbocycles. The van der Waals surface area contributed by atoms with Crippen molar-refractivity contribution in [1.82, 2.24) is 0 Å². The van der Waals surface area contributed by atoms with Crippen LogP contribution >= 0.6 is 0 Å². The fourth-order valence-electron chi connectivity index (χ4n) is 1.69. The van der Waals surface area contributed by atoms with Crippen LogP contribution < -0.4 is 0 Å². The molecular formula is C15H22O2. The topological polar surface area (TPSA) is 29.5 Å². The van der Waals surface area contributed by atoms with Gasteiger partial charge in [0.05, 0.1) is 19.3 Å². The largest absolute Gasteiger partial charge is 0.392 e. The lowest BCUT2D eigenvalue weighted by Crippen LogP contribution is -2.27. The maximum Gasteiger partial charge on any atom is 0.0717 e. The van der Waals surface area contributed by atoms with Crippen molar-refractivity contribution in [3.05, 3.63) is 48.6 Å². The lowest BCUT2D eigenvalue weighted by atomic mass is 9.94. The minimum Gasteiger partial charge on any atom is -0.392 e. The Morgan fingerprint density at radius 2 is 1.94 bits per heavy atom. The molecule has 3 atom stereocenters. The van der Waals surface area contributed by atoms with Gasteiger partial charge in [0.25, 0.3) is 0 Å². The smallest absolute Gasteiger partial charge is 0.0717 e. The van der Waals surface area contributed by atoms with Gasteiger partial charge in [0.2, 0.25) is 0 Å². The number of aliphatic hydroxyl groups is 1. The fraction of sp³-hybridized carbons (Fsp3) is 0.467. The first-order valence-electron chi connectivity index (χ1n) is 6.07.